The lowest BCUT2D eigenvalue weighted by molar-refractivity contribution is -0.123. The van der Waals surface area contributed by atoms with Crippen LogP contribution in [-0.4, -0.2) is 20.9 Å². The summed E-state index contributed by atoms with van der Waals surface area (Å²) >= 11 is 0. The number of rotatable bonds is 6. The third kappa shape index (κ3) is 4.12. The molecule has 0 heterocycles. The lowest BCUT2D eigenvalue weighted by atomic mass is 9.94. The zero-order chi connectivity index (χ0) is 16.1. The SMILES string of the molecule is Cc1ccc(S(=O)CC(=O)C(C)C(O)c2ccccc2)cc1. The van der Waals surface area contributed by atoms with Gasteiger partial charge in [0.1, 0.15) is 0 Å². The number of hydrogen-bond acceptors (Lipinski definition) is 3. The number of aliphatic hydroxyl groups is 1. The molecule has 1 N–H and O–H groups in total. The molecule has 3 nitrogen and oxygen atoms in total. The summed E-state index contributed by atoms with van der Waals surface area (Å²) in [4.78, 5) is 12.9. The van der Waals surface area contributed by atoms with Crippen LogP contribution in [0.2, 0.25) is 0 Å². The Labute approximate surface area is 133 Å². The van der Waals surface area contributed by atoms with Crippen molar-refractivity contribution in [3.05, 3.63) is 65.7 Å². The van der Waals surface area contributed by atoms with Crippen molar-refractivity contribution in [3.8, 4) is 0 Å². The molecule has 22 heavy (non-hydrogen) atoms. The Bertz CT molecular complexity index is 650. The van der Waals surface area contributed by atoms with Crippen molar-refractivity contribution in [1.82, 2.24) is 0 Å². The van der Waals surface area contributed by atoms with Crippen molar-refractivity contribution in [3.63, 3.8) is 0 Å². The van der Waals surface area contributed by atoms with Gasteiger partial charge in [-0.05, 0) is 24.6 Å². The zero-order valence-corrected chi connectivity index (χ0v) is 13.5. The van der Waals surface area contributed by atoms with Crippen molar-refractivity contribution in [2.45, 2.75) is 24.8 Å². The standard InChI is InChI=1S/C18H20O3S/c1-13-8-10-16(11-9-13)22(21)12-17(19)14(2)18(20)15-6-4-3-5-7-15/h3-11,14,18,20H,12H2,1-2H3. The third-order valence-electron chi connectivity index (χ3n) is 3.68. The molecule has 116 valence electrons. The van der Waals surface area contributed by atoms with Gasteiger partial charge < -0.3 is 5.11 Å². The molecule has 0 spiro atoms. The molecule has 0 aliphatic carbocycles. The second kappa shape index (κ2) is 7.47. The smallest absolute Gasteiger partial charge is 0.151 e. The number of carbonyl (C=O) groups excluding carboxylic acids is 1. The number of carbonyl (C=O) groups is 1. The van der Waals surface area contributed by atoms with Crippen molar-refractivity contribution in [2.75, 3.05) is 5.75 Å². The highest BCUT2D eigenvalue weighted by Gasteiger charge is 2.24. The minimum atomic E-state index is -1.38. The molecule has 0 aliphatic rings. The van der Waals surface area contributed by atoms with Crippen LogP contribution in [0.25, 0.3) is 0 Å². The summed E-state index contributed by atoms with van der Waals surface area (Å²) in [6.07, 6.45) is -0.872. The molecule has 0 radical (unpaired) electrons. The zero-order valence-electron chi connectivity index (χ0n) is 12.7. The molecule has 2 aromatic carbocycles. The van der Waals surface area contributed by atoms with E-state index in [0.29, 0.717) is 10.5 Å². The van der Waals surface area contributed by atoms with Crippen LogP contribution in [0.4, 0.5) is 0 Å². The van der Waals surface area contributed by atoms with Crippen molar-refractivity contribution in [2.24, 2.45) is 5.92 Å². The van der Waals surface area contributed by atoms with E-state index in [2.05, 4.69) is 0 Å². The Morgan fingerprint density at radius 1 is 1.09 bits per heavy atom. The predicted molar refractivity (Wildman–Crippen MR) is 88.0 cm³/mol. The monoisotopic (exact) mass is 316 g/mol. The Balaban J connectivity index is 2.02. The Hall–Kier alpha value is -1.78. The average Bonchev–Trinajstić information content (AvgIpc) is 2.54. The number of hydrogen-bond donors (Lipinski definition) is 1. The van der Waals surface area contributed by atoms with E-state index in [9.17, 15) is 14.1 Å². The molecule has 2 aromatic rings. The summed E-state index contributed by atoms with van der Waals surface area (Å²) in [6, 6.07) is 16.4. The van der Waals surface area contributed by atoms with Gasteiger partial charge in [-0.15, -0.1) is 0 Å². The lowest BCUT2D eigenvalue weighted by Gasteiger charge is -2.18. The summed E-state index contributed by atoms with van der Waals surface area (Å²) in [5.41, 5.74) is 1.78. The van der Waals surface area contributed by atoms with E-state index in [1.807, 2.05) is 37.3 Å². The predicted octanol–water partition coefficient (Wildman–Crippen LogP) is 3.04. The summed E-state index contributed by atoms with van der Waals surface area (Å²) in [5, 5.41) is 10.3. The van der Waals surface area contributed by atoms with Crippen LogP contribution in [0.3, 0.4) is 0 Å². The minimum Gasteiger partial charge on any atom is -0.388 e. The highest BCUT2D eigenvalue weighted by atomic mass is 32.2. The van der Waals surface area contributed by atoms with Crippen molar-refractivity contribution >= 4 is 16.6 Å². The largest absolute Gasteiger partial charge is 0.388 e. The van der Waals surface area contributed by atoms with Gasteiger partial charge in [0.2, 0.25) is 0 Å². The Morgan fingerprint density at radius 2 is 1.68 bits per heavy atom. The highest BCUT2D eigenvalue weighted by Crippen LogP contribution is 2.23. The summed E-state index contributed by atoms with van der Waals surface area (Å²) < 4.78 is 12.2. The maximum absolute atomic E-state index is 12.3. The summed E-state index contributed by atoms with van der Waals surface area (Å²) in [7, 11) is -1.38. The van der Waals surface area contributed by atoms with Crippen LogP contribution in [0.1, 0.15) is 24.2 Å². The first kappa shape index (κ1) is 16.6. The van der Waals surface area contributed by atoms with Gasteiger partial charge in [0.15, 0.2) is 5.78 Å². The van der Waals surface area contributed by atoms with Crippen LogP contribution < -0.4 is 0 Å². The molecule has 0 bridgehead atoms. The maximum atomic E-state index is 12.3. The number of Topliss-reactive ketones (excluding diaryl/α,β-unsaturated/α-hetero) is 1. The van der Waals surface area contributed by atoms with E-state index in [1.54, 1.807) is 31.2 Å². The van der Waals surface area contributed by atoms with E-state index in [4.69, 9.17) is 0 Å². The third-order valence-corrected chi connectivity index (χ3v) is 5.02. The number of benzene rings is 2. The first-order valence-corrected chi connectivity index (χ1v) is 8.51. The fourth-order valence-electron chi connectivity index (χ4n) is 2.15. The van der Waals surface area contributed by atoms with Gasteiger partial charge >= 0.3 is 0 Å². The van der Waals surface area contributed by atoms with E-state index in [-0.39, 0.29) is 11.5 Å². The van der Waals surface area contributed by atoms with E-state index in [0.717, 1.165) is 5.56 Å². The summed E-state index contributed by atoms with van der Waals surface area (Å²) in [5.74, 6) is -0.860. The average molecular weight is 316 g/mol. The topological polar surface area (TPSA) is 54.4 Å². The van der Waals surface area contributed by atoms with E-state index >= 15 is 0 Å². The number of ketones is 1. The normalized spacial score (nSPS) is 15.0. The maximum Gasteiger partial charge on any atom is 0.151 e. The van der Waals surface area contributed by atoms with Gasteiger partial charge in [-0.3, -0.25) is 9.00 Å². The number of aliphatic hydroxyl groups excluding tert-OH is 1. The Kier molecular flexibility index (Phi) is 5.63. The first-order valence-electron chi connectivity index (χ1n) is 7.20. The van der Waals surface area contributed by atoms with Crippen molar-refractivity contribution < 1.29 is 14.1 Å². The molecule has 2 rings (SSSR count). The van der Waals surface area contributed by atoms with Crippen molar-refractivity contribution in [1.29, 1.82) is 0 Å². The first-order chi connectivity index (χ1) is 10.5. The molecular weight excluding hydrogens is 296 g/mol. The van der Waals surface area contributed by atoms with Gasteiger partial charge in [-0.25, -0.2) is 0 Å². The van der Waals surface area contributed by atoms with Crippen LogP contribution in [0.5, 0.6) is 0 Å². The molecule has 0 aliphatic heterocycles. The fourth-order valence-corrected chi connectivity index (χ4v) is 3.28. The van der Waals surface area contributed by atoms with Gasteiger partial charge in [0.25, 0.3) is 0 Å². The molecule has 0 amide bonds. The highest BCUT2D eigenvalue weighted by molar-refractivity contribution is 7.85. The second-order valence-electron chi connectivity index (χ2n) is 5.41. The molecule has 0 aromatic heterocycles. The minimum absolute atomic E-state index is 0.0753. The molecular formula is C18H20O3S. The van der Waals surface area contributed by atoms with Gasteiger partial charge in [-0.2, -0.15) is 0 Å². The fraction of sp³-hybridized carbons (Fsp3) is 0.278. The van der Waals surface area contributed by atoms with E-state index < -0.39 is 22.8 Å². The Morgan fingerprint density at radius 3 is 2.27 bits per heavy atom. The lowest BCUT2D eigenvalue weighted by Crippen LogP contribution is -2.24. The molecule has 4 heteroatoms. The molecule has 0 saturated heterocycles. The van der Waals surface area contributed by atoms with Gasteiger partial charge in [0.05, 0.1) is 22.7 Å². The van der Waals surface area contributed by atoms with Crippen LogP contribution >= 0.6 is 0 Å². The van der Waals surface area contributed by atoms with Crippen LogP contribution in [-0.2, 0) is 15.6 Å². The van der Waals surface area contributed by atoms with Crippen LogP contribution in [0.15, 0.2) is 59.5 Å². The second-order valence-corrected chi connectivity index (χ2v) is 6.86. The molecule has 3 unspecified atom stereocenters. The number of aryl methyl sites for hydroxylation is 1. The quantitative estimate of drug-likeness (QED) is 0.891. The van der Waals surface area contributed by atoms with Gasteiger partial charge in [-0.1, -0.05) is 55.0 Å². The summed E-state index contributed by atoms with van der Waals surface area (Å²) in [6.45, 7) is 3.63. The molecule has 0 saturated carbocycles. The van der Waals surface area contributed by atoms with Gasteiger partial charge in [0, 0.05) is 10.8 Å². The van der Waals surface area contributed by atoms with E-state index in [1.165, 1.54) is 0 Å². The van der Waals surface area contributed by atoms with Crippen LogP contribution in [0, 0.1) is 12.8 Å². The molecule has 3 atom stereocenters. The molecule has 0 fully saturated rings.